The number of anilines is 1. The Morgan fingerprint density at radius 2 is 2.05 bits per heavy atom. The molecule has 4 nitrogen and oxygen atoms in total. The van der Waals surface area contributed by atoms with Gasteiger partial charge in [-0.15, -0.1) is 0 Å². The summed E-state index contributed by atoms with van der Waals surface area (Å²) in [6, 6.07) is 7.98. The van der Waals surface area contributed by atoms with Gasteiger partial charge in [0.2, 0.25) is 11.8 Å². The maximum Gasteiger partial charge on any atom is 0.246 e. The summed E-state index contributed by atoms with van der Waals surface area (Å²) in [6.07, 6.45) is 2.85. The Morgan fingerprint density at radius 3 is 2.75 bits per heavy atom. The van der Waals surface area contributed by atoms with Crippen LogP contribution in [0.3, 0.4) is 0 Å². The van der Waals surface area contributed by atoms with Gasteiger partial charge >= 0.3 is 0 Å². The SMILES string of the molecule is CCCCN(CC(=O)N1CCc2ccccc21)C(C)=O. The summed E-state index contributed by atoms with van der Waals surface area (Å²) in [7, 11) is 0. The third-order valence-electron chi connectivity index (χ3n) is 3.74. The molecule has 0 saturated carbocycles. The van der Waals surface area contributed by atoms with Crippen molar-refractivity contribution in [3.05, 3.63) is 29.8 Å². The molecule has 0 aliphatic carbocycles. The Balaban J connectivity index is 2.03. The number of para-hydroxylation sites is 1. The first-order valence-electron chi connectivity index (χ1n) is 7.27. The molecular formula is C16H22N2O2. The lowest BCUT2D eigenvalue weighted by Gasteiger charge is -2.24. The fourth-order valence-electron chi connectivity index (χ4n) is 2.54. The molecule has 0 bridgehead atoms. The highest BCUT2D eigenvalue weighted by molar-refractivity contribution is 5.98. The monoisotopic (exact) mass is 274 g/mol. The number of benzene rings is 1. The highest BCUT2D eigenvalue weighted by Crippen LogP contribution is 2.27. The van der Waals surface area contributed by atoms with Crippen molar-refractivity contribution in [3.63, 3.8) is 0 Å². The predicted octanol–water partition coefficient (Wildman–Crippen LogP) is 2.22. The lowest BCUT2D eigenvalue weighted by molar-refractivity contribution is -0.133. The van der Waals surface area contributed by atoms with Crippen LogP contribution < -0.4 is 4.90 Å². The van der Waals surface area contributed by atoms with Gasteiger partial charge in [0.25, 0.3) is 0 Å². The molecule has 2 amide bonds. The number of amides is 2. The van der Waals surface area contributed by atoms with Crippen LogP contribution in [0.2, 0.25) is 0 Å². The number of unbranched alkanes of at least 4 members (excludes halogenated alkanes) is 1. The van der Waals surface area contributed by atoms with Crippen molar-refractivity contribution in [2.75, 3.05) is 24.5 Å². The summed E-state index contributed by atoms with van der Waals surface area (Å²) in [5.74, 6) is -0.0134. The topological polar surface area (TPSA) is 40.6 Å². The summed E-state index contributed by atoms with van der Waals surface area (Å²) in [5.41, 5.74) is 2.21. The molecule has 20 heavy (non-hydrogen) atoms. The molecule has 0 spiro atoms. The summed E-state index contributed by atoms with van der Waals surface area (Å²) in [4.78, 5) is 27.5. The van der Waals surface area contributed by atoms with Crippen LogP contribution in [0.15, 0.2) is 24.3 Å². The van der Waals surface area contributed by atoms with E-state index in [1.165, 1.54) is 12.5 Å². The van der Waals surface area contributed by atoms with E-state index in [-0.39, 0.29) is 18.4 Å². The zero-order valence-electron chi connectivity index (χ0n) is 12.3. The van der Waals surface area contributed by atoms with Gasteiger partial charge in [-0.3, -0.25) is 9.59 Å². The van der Waals surface area contributed by atoms with Crippen molar-refractivity contribution in [2.24, 2.45) is 0 Å². The number of carbonyl (C=O) groups is 2. The molecule has 0 saturated heterocycles. The number of hydrogen-bond acceptors (Lipinski definition) is 2. The highest BCUT2D eigenvalue weighted by Gasteiger charge is 2.25. The Kier molecular flexibility index (Phi) is 4.77. The average molecular weight is 274 g/mol. The minimum absolute atomic E-state index is 0.0150. The maximum absolute atomic E-state index is 12.4. The van der Waals surface area contributed by atoms with Crippen LogP contribution in [0.1, 0.15) is 32.3 Å². The number of carbonyl (C=O) groups excluding carboxylic acids is 2. The first-order valence-corrected chi connectivity index (χ1v) is 7.27. The Morgan fingerprint density at radius 1 is 1.30 bits per heavy atom. The highest BCUT2D eigenvalue weighted by atomic mass is 16.2. The third-order valence-corrected chi connectivity index (χ3v) is 3.74. The molecule has 1 aromatic carbocycles. The van der Waals surface area contributed by atoms with Crippen molar-refractivity contribution in [2.45, 2.75) is 33.1 Å². The molecule has 1 heterocycles. The van der Waals surface area contributed by atoms with Gasteiger partial charge in [0, 0.05) is 25.7 Å². The normalized spacial score (nSPS) is 13.2. The van der Waals surface area contributed by atoms with Gasteiger partial charge in [0.15, 0.2) is 0 Å². The van der Waals surface area contributed by atoms with Crippen molar-refractivity contribution >= 4 is 17.5 Å². The molecule has 0 radical (unpaired) electrons. The third kappa shape index (κ3) is 3.18. The Bertz CT molecular complexity index is 499. The van der Waals surface area contributed by atoms with E-state index < -0.39 is 0 Å². The Hall–Kier alpha value is -1.84. The first kappa shape index (κ1) is 14.6. The van der Waals surface area contributed by atoms with Crippen molar-refractivity contribution in [1.82, 2.24) is 4.90 Å². The second-order valence-corrected chi connectivity index (χ2v) is 5.22. The van der Waals surface area contributed by atoms with E-state index in [4.69, 9.17) is 0 Å². The van der Waals surface area contributed by atoms with E-state index in [0.29, 0.717) is 6.54 Å². The molecule has 0 fully saturated rings. The summed E-state index contributed by atoms with van der Waals surface area (Å²) < 4.78 is 0. The fourth-order valence-corrected chi connectivity index (χ4v) is 2.54. The van der Waals surface area contributed by atoms with Crippen LogP contribution in [-0.4, -0.2) is 36.3 Å². The minimum Gasteiger partial charge on any atom is -0.334 e. The summed E-state index contributed by atoms with van der Waals surface area (Å²) in [6.45, 7) is 5.17. The van der Waals surface area contributed by atoms with Gasteiger partial charge in [-0.05, 0) is 24.5 Å². The van der Waals surface area contributed by atoms with Gasteiger partial charge in [0.1, 0.15) is 6.54 Å². The first-order chi connectivity index (χ1) is 9.63. The summed E-state index contributed by atoms with van der Waals surface area (Å²) >= 11 is 0. The van der Waals surface area contributed by atoms with Crippen molar-refractivity contribution < 1.29 is 9.59 Å². The lowest BCUT2D eigenvalue weighted by Crippen LogP contribution is -2.42. The number of rotatable bonds is 5. The van der Waals surface area contributed by atoms with E-state index in [9.17, 15) is 9.59 Å². The van der Waals surface area contributed by atoms with Crippen molar-refractivity contribution in [3.8, 4) is 0 Å². The number of hydrogen-bond donors (Lipinski definition) is 0. The molecule has 0 aromatic heterocycles. The second-order valence-electron chi connectivity index (χ2n) is 5.22. The van der Waals surface area contributed by atoms with Crippen LogP contribution >= 0.6 is 0 Å². The molecule has 4 heteroatoms. The number of nitrogens with zero attached hydrogens (tertiary/aromatic N) is 2. The molecule has 1 aromatic rings. The van der Waals surface area contributed by atoms with E-state index in [2.05, 4.69) is 13.0 Å². The molecule has 1 aliphatic rings. The van der Waals surface area contributed by atoms with Gasteiger partial charge < -0.3 is 9.80 Å². The van der Waals surface area contributed by atoms with E-state index in [1.807, 2.05) is 18.2 Å². The summed E-state index contributed by atoms with van der Waals surface area (Å²) in [5, 5.41) is 0. The standard InChI is InChI=1S/C16H22N2O2/c1-3-4-10-17(13(2)19)12-16(20)18-11-9-14-7-5-6-8-15(14)18/h5-8H,3-4,9-12H2,1-2H3. The predicted molar refractivity (Wildman–Crippen MR) is 79.7 cm³/mol. The molecular weight excluding hydrogens is 252 g/mol. The molecule has 108 valence electrons. The van der Waals surface area contributed by atoms with E-state index >= 15 is 0 Å². The minimum atomic E-state index is -0.0284. The fraction of sp³-hybridized carbons (Fsp3) is 0.500. The molecule has 0 unspecified atom stereocenters. The quantitative estimate of drug-likeness (QED) is 0.826. The maximum atomic E-state index is 12.4. The smallest absolute Gasteiger partial charge is 0.246 e. The average Bonchev–Trinajstić information content (AvgIpc) is 2.87. The van der Waals surface area contributed by atoms with Crippen LogP contribution in [0, 0.1) is 0 Å². The van der Waals surface area contributed by atoms with Gasteiger partial charge in [-0.1, -0.05) is 31.5 Å². The van der Waals surface area contributed by atoms with Gasteiger partial charge in [-0.2, -0.15) is 0 Å². The van der Waals surface area contributed by atoms with E-state index in [1.54, 1.807) is 9.80 Å². The molecule has 0 N–H and O–H groups in total. The Labute approximate surface area is 120 Å². The van der Waals surface area contributed by atoms with Crippen LogP contribution in [0.4, 0.5) is 5.69 Å². The van der Waals surface area contributed by atoms with Gasteiger partial charge in [-0.25, -0.2) is 0 Å². The lowest BCUT2D eigenvalue weighted by atomic mass is 10.2. The second kappa shape index (κ2) is 6.55. The zero-order valence-corrected chi connectivity index (χ0v) is 12.3. The van der Waals surface area contributed by atoms with Crippen LogP contribution in [0.5, 0.6) is 0 Å². The van der Waals surface area contributed by atoms with Gasteiger partial charge in [0.05, 0.1) is 0 Å². The van der Waals surface area contributed by atoms with Crippen molar-refractivity contribution in [1.29, 1.82) is 0 Å². The van der Waals surface area contributed by atoms with Crippen LogP contribution in [-0.2, 0) is 16.0 Å². The largest absolute Gasteiger partial charge is 0.334 e. The van der Waals surface area contributed by atoms with E-state index in [0.717, 1.165) is 31.5 Å². The number of fused-ring (bicyclic) bond motifs is 1. The molecule has 2 rings (SSSR count). The molecule has 0 atom stereocenters. The zero-order chi connectivity index (χ0) is 14.5. The molecule has 1 aliphatic heterocycles. The van der Waals surface area contributed by atoms with Crippen LogP contribution in [0.25, 0.3) is 0 Å².